The molecule has 0 aromatic rings. The Balaban J connectivity index is 4.56. The molecule has 0 radical (unpaired) electrons. The standard InChI is InChI=1S/C10H20N2O2/c1-6-9(2,3)8(14)12-10(4,5)7(11)13/h6H2,1-5H3,(H2,11,13)(H,12,14). The topological polar surface area (TPSA) is 72.2 Å². The molecule has 0 aromatic carbocycles. The van der Waals surface area contributed by atoms with Gasteiger partial charge in [0.15, 0.2) is 0 Å². The molecule has 2 amide bonds. The maximum Gasteiger partial charge on any atom is 0.242 e. The van der Waals surface area contributed by atoms with Crippen molar-refractivity contribution in [2.75, 3.05) is 0 Å². The monoisotopic (exact) mass is 200 g/mol. The van der Waals surface area contributed by atoms with Crippen LogP contribution in [0.2, 0.25) is 0 Å². The van der Waals surface area contributed by atoms with Gasteiger partial charge in [0, 0.05) is 5.41 Å². The Kier molecular flexibility index (Phi) is 3.68. The first kappa shape index (κ1) is 12.9. The molecular weight excluding hydrogens is 180 g/mol. The number of nitrogens with one attached hydrogen (secondary N) is 1. The summed E-state index contributed by atoms with van der Waals surface area (Å²) in [7, 11) is 0. The molecule has 82 valence electrons. The Bertz CT molecular complexity index is 245. The predicted octanol–water partition coefficient (Wildman–Crippen LogP) is 0.803. The number of hydrogen-bond donors (Lipinski definition) is 2. The average Bonchev–Trinajstić information content (AvgIpc) is 2.03. The van der Waals surface area contributed by atoms with E-state index in [2.05, 4.69) is 5.32 Å². The van der Waals surface area contributed by atoms with Gasteiger partial charge in [0.2, 0.25) is 11.8 Å². The molecule has 0 saturated heterocycles. The van der Waals surface area contributed by atoms with E-state index in [9.17, 15) is 9.59 Å². The molecule has 0 aliphatic heterocycles. The average molecular weight is 200 g/mol. The highest BCUT2D eigenvalue weighted by Crippen LogP contribution is 2.20. The smallest absolute Gasteiger partial charge is 0.242 e. The minimum Gasteiger partial charge on any atom is -0.368 e. The van der Waals surface area contributed by atoms with Crippen LogP contribution < -0.4 is 11.1 Å². The van der Waals surface area contributed by atoms with E-state index in [1.54, 1.807) is 13.8 Å². The summed E-state index contributed by atoms with van der Waals surface area (Å²) in [5.74, 6) is -0.679. The predicted molar refractivity (Wildman–Crippen MR) is 55.5 cm³/mol. The van der Waals surface area contributed by atoms with Gasteiger partial charge in [0.05, 0.1) is 0 Å². The first-order valence-electron chi connectivity index (χ1n) is 4.76. The summed E-state index contributed by atoms with van der Waals surface area (Å²) < 4.78 is 0. The van der Waals surface area contributed by atoms with E-state index < -0.39 is 16.9 Å². The van der Waals surface area contributed by atoms with Crippen LogP contribution in [-0.2, 0) is 9.59 Å². The number of primary amides is 1. The van der Waals surface area contributed by atoms with Crippen molar-refractivity contribution >= 4 is 11.8 Å². The normalized spacial score (nSPS) is 12.4. The third-order valence-electron chi connectivity index (χ3n) is 2.54. The molecule has 0 spiro atoms. The molecule has 4 nitrogen and oxygen atoms in total. The van der Waals surface area contributed by atoms with Crippen molar-refractivity contribution in [3.63, 3.8) is 0 Å². The maximum atomic E-state index is 11.7. The van der Waals surface area contributed by atoms with Crippen LogP contribution in [0.4, 0.5) is 0 Å². The van der Waals surface area contributed by atoms with Gasteiger partial charge in [-0.3, -0.25) is 9.59 Å². The summed E-state index contributed by atoms with van der Waals surface area (Å²) in [6.07, 6.45) is 0.716. The summed E-state index contributed by atoms with van der Waals surface area (Å²) in [5.41, 5.74) is 3.70. The molecule has 0 unspecified atom stereocenters. The molecule has 0 aromatic heterocycles. The molecular formula is C10H20N2O2. The Hall–Kier alpha value is -1.06. The molecule has 14 heavy (non-hydrogen) atoms. The van der Waals surface area contributed by atoms with Crippen LogP contribution in [0.1, 0.15) is 41.0 Å². The molecule has 0 atom stereocenters. The zero-order valence-electron chi connectivity index (χ0n) is 9.60. The summed E-state index contributed by atoms with van der Waals surface area (Å²) in [4.78, 5) is 22.7. The van der Waals surface area contributed by atoms with E-state index in [-0.39, 0.29) is 5.91 Å². The van der Waals surface area contributed by atoms with E-state index in [0.717, 1.165) is 0 Å². The SMILES string of the molecule is CCC(C)(C)C(=O)NC(C)(C)C(N)=O. The molecule has 0 aliphatic rings. The lowest BCUT2D eigenvalue weighted by molar-refractivity contribution is -0.135. The van der Waals surface area contributed by atoms with Crippen molar-refractivity contribution in [3.05, 3.63) is 0 Å². The summed E-state index contributed by atoms with van der Waals surface area (Å²) in [6.45, 7) is 8.79. The van der Waals surface area contributed by atoms with Gasteiger partial charge in [-0.05, 0) is 20.3 Å². The molecule has 0 rings (SSSR count). The van der Waals surface area contributed by atoms with Crippen molar-refractivity contribution in [1.82, 2.24) is 5.32 Å². The van der Waals surface area contributed by atoms with E-state index in [0.29, 0.717) is 6.42 Å². The molecule has 0 fully saturated rings. The molecule has 0 aliphatic carbocycles. The maximum absolute atomic E-state index is 11.7. The van der Waals surface area contributed by atoms with Crippen molar-refractivity contribution < 1.29 is 9.59 Å². The quantitative estimate of drug-likeness (QED) is 0.704. The first-order valence-corrected chi connectivity index (χ1v) is 4.76. The van der Waals surface area contributed by atoms with Crippen LogP contribution in [0.5, 0.6) is 0 Å². The van der Waals surface area contributed by atoms with Crippen LogP contribution in [-0.4, -0.2) is 17.4 Å². The highest BCUT2D eigenvalue weighted by atomic mass is 16.2. The van der Waals surface area contributed by atoms with Gasteiger partial charge in [0.1, 0.15) is 5.54 Å². The fourth-order valence-corrected chi connectivity index (χ4v) is 0.675. The molecule has 0 bridgehead atoms. The zero-order valence-corrected chi connectivity index (χ0v) is 9.60. The highest BCUT2D eigenvalue weighted by molar-refractivity contribution is 5.91. The van der Waals surface area contributed by atoms with Gasteiger partial charge in [-0.25, -0.2) is 0 Å². The first-order chi connectivity index (χ1) is 6.13. The van der Waals surface area contributed by atoms with Gasteiger partial charge in [-0.1, -0.05) is 20.8 Å². The fourth-order valence-electron chi connectivity index (χ4n) is 0.675. The number of amides is 2. The Labute approximate surface area is 85.2 Å². The summed E-state index contributed by atoms with van der Waals surface area (Å²) in [5, 5.41) is 2.63. The van der Waals surface area contributed by atoms with E-state index in [1.165, 1.54) is 0 Å². The van der Waals surface area contributed by atoms with Gasteiger partial charge >= 0.3 is 0 Å². The van der Waals surface area contributed by atoms with Crippen molar-refractivity contribution in [2.45, 2.75) is 46.6 Å². The highest BCUT2D eigenvalue weighted by Gasteiger charge is 2.33. The zero-order chi connectivity index (χ0) is 11.6. The van der Waals surface area contributed by atoms with Crippen LogP contribution in [0.15, 0.2) is 0 Å². The van der Waals surface area contributed by atoms with Crippen LogP contribution in [0, 0.1) is 5.41 Å². The lowest BCUT2D eigenvalue weighted by Crippen LogP contribution is -2.55. The van der Waals surface area contributed by atoms with Gasteiger partial charge < -0.3 is 11.1 Å². The van der Waals surface area contributed by atoms with Crippen LogP contribution in [0.25, 0.3) is 0 Å². The fraction of sp³-hybridized carbons (Fsp3) is 0.800. The summed E-state index contributed by atoms with van der Waals surface area (Å²) in [6, 6.07) is 0. The van der Waals surface area contributed by atoms with E-state index >= 15 is 0 Å². The Morgan fingerprint density at radius 1 is 1.21 bits per heavy atom. The minimum absolute atomic E-state index is 0.149. The number of hydrogen-bond acceptors (Lipinski definition) is 2. The molecule has 0 saturated carbocycles. The second kappa shape index (κ2) is 3.98. The largest absolute Gasteiger partial charge is 0.368 e. The second-order valence-corrected chi connectivity index (χ2v) is 4.68. The number of carbonyl (C=O) groups excluding carboxylic acids is 2. The third kappa shape index (κ3) is 3.01. The van der Waals surface area contributed by atoms with Gasteiger partial charge in [-0.15, -0.1) is 0 Å². The lowest BCUT2D eigenvalue weighted by Gasteiger charge is -2.29. The third-order valence-corrected chi connectivity index (χ3v) is 2.54. The molecule has 3 N–H and O–H groups in total. The van der Waals surface area contributed by atoms with Crippen molar-refractivity contribution in [1.29, 1.82) is 0 Å². The lowest BCUT2D eigenvalue weighted by atomic mass is 9.88. The number of carbonyl (C=O) groups is 2. The summed E-state index contributed by atoms with van der Waals surface area (Å²) >= 11 is 0. The number of rotatable bonds is 4. The Morgan fingerprint density at radius 2 is 1.64 bits per heavy atom. The Morgan fingerprint density at radius 3 is 1.93 bits per heavy atom. The second-order valence-electron chi connectivity index (χ2n) is 4.68. The van der Waals surface area contributed by atoms with Gasteiger partial charge in [-0.2, -0.15) is 0 Å². The molecule has 0 heterocycles. The van der Waals surface area contributed by atoms with Gasteiger partial charge in [0.25, 0.3) is 0 Å². The van der Waals surface area contributed by atoms with E-state index in [1.807, 2.05) is 20.8 Å². The van der Waals surface area contributed by atoms with Crippen molar-refractivity contribution in [2.24, 2.45) is 11.1 Å². The van der Waals surface area contributed by atoms with Crippen LogP contribution >= 0.6 is 0 Å². The van der Waals surface area contributed by atoms with Crippen molar-refractivity contribution in [3.8, 4) is 0 Å². The molecule has 4 heteroatoms. The van der Waals surface area contributed by atoms with E-state index in [4.69, 9.17) is 5.73 Å². The van der Waals surface area contributed by atoms with Crippen LogP contribution in [0.3, 0.4) is 0 Å². The number of nitrogens with two attached hydrogens (primary N) is 1. The minimum atomic E-state index is -0.983.